The van der Waals surface area contributed by atoms with Gasteiger partial charge in [0.1, 0.15) is 6.61 Å². The Labute approximate surface area is 226 Å². The van der Waals surface area contributed by atoms with Gasteiger partial charge in [-0.05, 0) is 36.3 Å². The maximum absolute atomic E-state index is 13.7. The van der Waals surface area contributed by atoms with E-state index in [1.54, 1.807) is 16.4 Å². The van der Waals surface area contributed by atoms with Crippen LogP contribution < -0.4 is 0 Å². The van der Waals surface area contributed by atoms with E-state index in [0.29, 0.717) is 18.0 Å². The van der Waals surface area contributed by atoms with Crippen LogP contribution in [-0.4, -0.2) is 80.4 Å². The number of fused-ring (bicyclic) bond motifs is 1. The quantitative estimate of drug-likeness (QED) is 0.434. The summed E-state index contributed by atoms with van der Waals surface area (Å²) < 4.78 is 35.0. The van der Waals surface area contributed by atoms with Gasteiger partial charge in [0.25, 0.3) is 0 Å². The van der Waals surface area contributed by atoms with Gasteiger partial charge in [-0.15, -0.1) is 0 Å². The first-order valence-corrected chi connectivity index (χ1v) is 15.1. The van der Waals surface area contributed by atoms with E-state index in [-0.39, 0.29) is 25.2 Å². The molecule has 5 rings (SSSR count). The lowest BCUT2D eigenvalue weighted by molar-refractivity contribution is -0.136. The van der Waals surface area contributed by atoms with Crippen molar-refractivity contribution in [3.63, 3.8) is 0 Å². The highest BCUT2D eigenvalue weighted by atomic mass is 32.2. The molecule has 3 aromatic rings. The number of carbonyl (C=O) groups excluding carboxylic acids is 1. The predicted molar refractivity (Wildman–Crippen MR) is 149 cm³/mol. The topological polar surface area (TPSA) is 70.2 Å². The number of piperidine rings is 1. The summed E-state index contributed by atoms with van der Waals surface area (Å²) in [6.07, 6.45) is 3.44. The summed E-state index contributed by atoms with van der Waals surface area (Å²) in [7, 11) is -3.69. The highest BCUT2D eigenvalue weighted by Crippen LogP contribution is 2.30. The van der Waals surface area contributed by atoms with Gasteiger partial charge in [0.15, 0.2) is 0 Å². The van der Waals surface area contributed by atoms with Gasteiger partial charge in [-0.2, -0.15) is 4.31 Å². The molecular formula is C30H37N3O4S. The minimum atomic E-state index is -3.69. The van der Waals surface area contributed by atoms with Crippen molar-refractivity contribution in [1.82, 2.24) is 14.1 Å². The molecule has 0 N–H and O–H groups in total. The average Bonchev–Trinajstić information content (AvgIpc) is 3.19. The number of sulfonamides is 1. The van der Waals surface area contributed by atoms with Gasteiger partial charge in [-0.1, -0.05) is 73.2 Å². The third-order valence-electron chi connectivity index (χ3n) is 7.64. The van der Waals surface area contributed by atoms with Crippen molar-refractivity contribution in [2.75, 3.05) is 45.9 Å². The van der Waals surface area contributed by atoms with E-state index < -0.39 is 10.0 Å². The van der Waals surface area contributed by atoms with Crippen LogP contribution in [0.4, 0.5) is 0 Å². The minimum absolute atomic E-state index is 0.0165. The van der Waals surface area contributed by atoms with E-state index >= 15 is 0 Å². The maximum atomic E-state index is 13.7. The molecule has 2 saturated heterocycles. The second-order valence-electron chi connectivity index (χ2n) is 10.3. The molecule has 0 radical (unpaired) electrons. The normalized spacial score (nSPS) is 19.9. The molecule has 1 atom stereocenters. The first-order chi connectivity index (χ1) is 18.5. The molecule has 2 aliphatic heterocycles. The van der Waals surface area contributed by atoms with E-state index in [4.69, 9.17) is 4.74 Å². The molecule has 0 saturated carbocycles. The fourth-order valence-corrected chi connectivity index (χ4v) is 7.49. The lowest BCUT2D eigenvalue weighted by atomic mass is 10.1. The van der Waals surface area contributed by atoms with E-state index in [2.05, 4.69) is 29.2 Å². The van der Waals surface area contributed by atoms with Crippen molar-refractivity contribution in [2.45, 2.75) is 43.2 Å². The maximum Gasteiger partial charge on any atom is 0.248 e. The molecule has 0 aliphatic carbocycles. The largest absolute Gasteiger partial charge is 0.370 e. The molecule has 0 bridgehead atoms. The van der Waals surface area contributed by atoms with Gasteiger partial charge in [0, 0.05) is 50.7 Å². The first kappa shape index (κ1) is 26.8. The van der Waals surface area contributed by atoms with Gasteiger partial charge in [-0.25, -0.2) is 8.42 Å². The Balaban J connectivity index is 1.17. The Morgan fingerprint density at radius 1 is 0.816 bits per heavy atom. The number of hydrogen-bond donors (Lipinski definition) is 0. The van der Waals surface area contributed by atoms with E-state index in [9.17, 15) is 13.2 Å². The first-order valence-electron chi connectivity index (χ1n) is 13.6. The second kappa shape index (κ2) is 12.4. The Morgan fingerprint density at radius 3 is 2.47 bits per heavy atom. The third-order valence-corrected chi connectivity index (χ3v) is 9.65. The summed E-state index contributed by atoms with van der Waals surface area (Å²) in [5, 5.41) is 1.64. The zero-order chi connectivity index (χ0) is 26.4. The van der Waals surface area contributed by atoms with Gasteiger partial charge in [-0.3, -0.25) is 9.69 Å². The average molecular weight is 536 g/mol. The molecule has 1 amide bonds. The Bertz CT molecular complexity index is 1330. The van der Waals surface area contributed by atoms with Gasteiger partial charge in [0.05, 0.1) is 11.5 Å². The molecule has 3 aromatic carbocycles. The Hall–Kier alpha value is -2.78. The second-order valence-corrected chi connectivity index (χ2v) is 12.1. The standard InChI is InChI=1S/C30H37N3O4S/c34-30(32-18-9-17-31(20-21-32)22-25-10-2-1-3-11-25)24-37-23-27-14-6-7-19-33(27)38(35,36)29-16-8-13-26-12-4-5-15-28(26)29/h1-5,8,10-13,15-16,27H,6-7,9,14,17-24H2. The Morgan fingerprint density at radius 2 is 1.61 bits per heavy atom. The molecule has 202 valence electrons. The Kier molecular flexibility index (Phi) is 8.74. The highest BCUT2D eigenvalue weighted by molar-refractivity contribution is 7.89. The smallest absolute Gasteiger partial charge is 0.248 e. The molecule has 0 spiro atoms. The van der Waals surface area contributed by atoms with Crippen molar-refractivity contribution >= 4 is 26.7 Å². The molecule has 1 unspecified atom stereocenters. The summed E-state index contributed by atoms with van der Waals surface area (Å²) in [5.41, 5.74) is 1.28. The van der Waals surface area contributed by atoms with Crippen molar-refractivity contribution < 1.29 is 17.9 Å². The molecule has 2 aliphatic rings. The molecule has 2 heterocycles. The van der Waals surface area contributed by atoms with Crippen molar-refractivity contribution in [1.29, 1.82) is 0 Å². The van der Waals surface area contributed by atoms with Crippen LogP contribution in [0.5, 0.6) is 0 Å². The molecular weight excluding hydrogens is 498 g/mol. The third kappa shape index (κ3) is 6.26. The monoisotopic (exact) mass is 535 g/mol. The lowest BCUT2D eigenvalue weighted by Gasteiger charge is -2.34. The number of nitrogens with zero attached hydrogens (tertiary/aromatic N) is 3. The van der Waals surface area contributed by atoms with Crippen LogP contribution in [0.2, 0.25) is 0 Å². The molecule has 0 aromatic heterocycles. The molecule has 38 heavy (non-hydrogen) atoms. The van der Waals surface area contributed by atoms with E-state index in [0.717, 1.165) is 62.6 Å². The zero-order valence-corrected chi connectivity index (χ0v) is 22.7. The number of amides is 1. The zero-order valence-electron chi connectivity index (χ0n) is 21.9. The number of benzene rings is 3. The van der Waals surface area contributed by atoms with Crippen LogP contribution in [-0.2, 0) is 26.1 Å². The summed E-state index contributed by atoms with van der Waals surface area (Å²) in [5.74, 6) is -0.0224. The SMILES string of the molecule is O=C(COCC1CCCCN1S(=O)(=O)c1cccc2ccccc12)N1CCCN(Cc2ccccc2)CC1. The van der Waals surface area contributed by atoms with Crippen LogP contribution >= 0.6 is 0 Å². The number of rotatable bonds is 8. The summed E-state index contributed by atoms with van der Waals surface area (Å²) in [6, 6.07) is 23.1. The summed E-state index contributed by atoms with van der Waals surface area (Å²) in [4.78, 5) is 17.6. The van der Waals surface area contributed by atoms with Gasteiger partial charge < -0.3 is 9.64 Å². The fourth-order valence-electron chi connectivity index (χ4n) is 5.60. The molecule has 7 nitrogen and oxygen atoms in total. The van der Waals surface area contributed by atoms with E-state index in [1.165, 1.54) is 5.56 Å². The van der Waals surface area contributed by atoms with Crippen molar-refractivity contribution in [3.05, 3.63) is 78.4 Å². The van der Waals surface area contributed by atoms with Crippen LogP contribution in [0.15, 0.2) is 77.7 Å². The van der Waals surface area contributed by atoms with Crippen molar-refractivity contribution in [3.8, 4) is 0 Å². The van der Waals surface area contributed by atoms with E-state index in [1.807, 2.05) is 41.3 Å². The van der Waals surface area contributed by atoms with Crippen LogP contribution in [0, 0.1) is 0 Å². The molecule has 2 fully saturated rings. The number of hydrogen-bond acceptors (Lipinski definition) is 5. The van der Waals surface area contributed by atoms with Crippen LogP contribution in [0.3, 0.4) is 0 Å². The number of carbonyl (C=O) groups is 1. The number of ether oxygens (including phenoxy) is 1. The van der Waals surface area contributed by atoms with Gasteiger partial charge >= 0.3 is 0 Å². The summed E-state index contributed by atoms with van der Waals surface area (Å²) in [6.45, 7) is 4.77. The lowest BCUT2D eigenvalue weighted by Crippen LogP contribution is -2.46. The summed E-state index contributed by atoms with van der Waals surface area (Å²) >= 11 is 0. The van der Waals surface area contributed by atoms with Crippen LogP contribution in [0.25, 0.3) is 10.8 Å². The van der Waals surface area contributed by atoms with Crippen molar-refractivity contribution in [2.24, 2.45) is 0 Å². The highest BCUT2D eigenvalue weighted by Gasteiger charge is 2.34. The van der Waals surface area contributed by atoms with Crippen LogP contribution in [0.1, 0.15) is 31.2 Å². The predicted octanol–water partition coefficient (Wildman–Crippen LogP) is 4.13. The molecule has 8 heteroatoms. The van der Waals surface area contributed by atoms with Gasteiger partial charge in [0.2, 0.25) is 15.9 Å². The fraction of sp³-hybridized carbons (Fsp3) is 0.433. The minimum Gasteiger partial charge on any atom is -0.370 e.